The summed E-state index contributed by atoms with van der Waals surface area (Å²) in [6, 6.07) is 3.25. The van der Waals surface area contributed by atoms with Gasteiger partial charge in [0.2, 0.25) is 5.91 Å². The number of hydrogen-bond acceptors (Lipinski definition) is 4. The molecule has 1 N–H and O–H groups in total. The highest BCUT2D eigenvalue weighted by Gasteiger charge is 2.42. The molecule has 1 unspecified atom stereocenters. The number of rotatable bonds is 4. The van der Waals surface area contributed by atoms with Gasteiger partial charge in [0.25, 0.3) is 0 Å². The van der Waals surface area contributed by atoms with Crippen LogP contribution < -0.4 is 5.32 Å². The molecule has 1 spiro atoms. The number of anilines is 1. The lowest BCUT2D eigenvalue weighted by Crippen LogP contribution is -2.56. The summed E-state index contributed by atoms with van der Waals surface area (Å²) in [5, 5.41) is 3.27. The molecular weight excluding hydrogens is 356 g/mol. The molecule has 0 aromatic carbocycles. The van der Waals surface area contributed by atoms with E-state index < -0.39 is 0 Å². The van der Waals surface area contributed by atoms with Crippen molar-refractivity contribution in [3.05, 3.63) is 23.5 Å². The van der Waals surface area contributed by atoms with Crippen LogP contribution in [0.3, 0.4) is 0 Å². The molecule has 26 heavy (non-hydrogen) atoms. The van der Waals surface area contributed by atoms with Gasteiger partial charge in [-0.05, 0) is 31.4 Å². The quantitative estimate of drug-likeness (QED) is 0.815. The fourth-order valence-corrected chi connectivity index (χ4v) is 3.99. The second-order valence-corrected chi connectivity index (χ2v) is 7.52. The van der Waals surface area contributed by atoms with Crippen LogP contribution in [0.4, 0.5) is 10.5 Å². The van der Waals surface area contributed by atoms with Crippen LogP contribution in [0.1, 0.15) is 25.7 Å². The van der Waals surface area contributed by atoms with Gasteiger partial charge in [-0.2, -0.15) is 0 Å². The van der Waals surface area contributed by atoms with Crippen molar-refractivity contribution in [2.75, 3.05) is 45.2 Å². The van der Waals surface area contributed by atoms with E-state index in [4.69, 9.17) is 16.3 Å². The van der Waals surface area contributed by atoms with E-state index in [1.165, 1.54) is 0 Å². The summed E-state index contributed by atoms with van der Waals surface area (Å²) < 4.78 is 5.12. The molecule has 2 aliphatic heterocycles. The average Bonchev–Trinajstić information content (AvgIpc) is 2.65. The van der Waals surface area contributed by atoms with Crippen LogP contribution in [0.15, 0.2) is 18.3 Å². The van der Waals surface area contributed by atoms with Crippen LogP contribution >= 0.6 is 11.6 Å². The maximum Gasteiger partial charge on any atom is 0.321 e. The number of ether oxygens (including phenoxy) is 1. The Kier molecular flexibility index (Phi) is 5.98. The van der Waals surface area contributed by atoms with Gasteiger partial charge in [0, 0.05) is 45.1 Å². The number of likely N-dealkylation sites (tertiary alicyclic amines) is 2. The van der Waals surface area contributed by atoms with Gasteiger partial charge in [0.15, 0.2) is 0 Å². The predicted octanol–water partition coefficient (Wildman–Crippen LogP) is 2.62. The van der Waals surface area contributed by atoms with Crippen molar-refractivity contribution in [3.8, 4) is 0 Å². The minimum Gasteiger partial charge on any atom is -0.383 e. The summed E-state index contributed by atoms with van der Waals surface area (Å²) in [6.07, 6.45) is 4.90. The Balaban J connectivity index is 1.63. The summed E-state index contributed by atoms with van der Waals surface area (Å²) in [7, 11) is 1.64. The highest BCUT2D eigenvalue weighted by atomic mass is 35.5. The Labute approximate surface area is 158 Å². The standard InChI is InChI=1S/C18H25ClN4O3/c1-26-10-9-22-12-18(7-5-16(22)24)6-2-8-23(13-18)17(25)21-14-3-4-15(19)20-11-14/h3-4,11H,2,5-10,12-13H2,1H3,(H,21,25). The first-order valence-corrected chi connectivity index (χ1v) is 9.33. The zero-order valence-corrected chi connectivity index (χ0v) is 15.8. The van der Waals surface area contributed by atoms with E-state index in [0.717, 1.165) is 25.8 Å². The Morgan fingerprint density at radius 2 is 2.23 bits per heavy atom. The van der Waals surface area contributed by atoms with Crippen molar-refractivity contribution in [2.24, 2.45) is 5.41 Å². The van der Waals surface area contributed by atoms with Gasteiger partial charge in [-0.3, -0.25) is 4.79 Å². The molecule has 0 aliphatic carbocycles. The van der Waals surface area contributed by atoms with E-state index >= 15 is 0 Å². The van der Waals surface area contributed by atoms with E-state index in [0.29, 0.717) is 43.5 Å². The van der Waals surface area contributed by atoms with Crippen molar-refractivity contribution >= 4 is 29.2 Å². The molecule has 3 amide bonds. The molecule has 7 nitrogen and oxygen atoms in total. The lowest BCUT2D eigenvalue weighted by Gasteiger charge is -2.48. The van der Waals surface area contributed by atoms with Crippen LogP contribution in [0.5, 0.6) is 0 Å². The van der Waals surface area contributed by atoms with Crippen LogP contribution in [0.2, 0.25) is 5.15 Å². The van der Waals surface area contributed by atoms with Gasteiger partial charge in [-0.15, -0.1) is 0 Å². The van der Waals surface area contributed by atoms with Gasteiger partial charge in [0.1, 0.15) is 5.15 Å². The van der Waals surface area contributed by atoms with Crippen molar-refractivity contribution in [2.45, 2.75) is 25.7 Å². The Hall–Kier alpha value is -1.86. The lowest BCUT2D eigenvalue weighted by molar-refractivity contribution is -0.139. The summed E-state index contributed by atoms with van der Waals surface area (Å²) in [5.74, 6) is 0.182. The molecule has 0 saturated carbocycles. The monoisotopic (exact) mass is 380 g/mol. The zero-order chi connectivity index (χ0) is 18.6. The van der Waals surface area contributed by atoms with E-state index in [2.05, 4.69) is 10.3 Å². The summed E-state index contributed by atoms with van der Waals surface area (Å²) >= 11 is 5.78. The number of aromatic nitrogens is 1. The van der Waals surface area contributed by atoms with Crippen LogP contribution in [-0.4, -0.2) is 66.6 Å². The molecule has 3 rings (SSSR count). The van der Waals surface area contributed by atoms with E-state index in [1.54, 1.807) is 25.4 Å². The largest absolute Gasteiger partial charge is 0.383 e. The number of carbonyl (C=O) groups excluding carboxylic acids is 2. The van der Waals surface area contributed by atoms with Crippen molar-refractivity contribution in [1.82, 2.24) is 14.8 Å². The number of nitrogens with zero attached hydrogens (tertiary/aromatic N) is 3. The minimum absolute atomic E-state index is 0.0184. The molecule has 2 fully saturated rings. The second-order valence-electron chi connectivity index (χ2n) is 7.13. The molecule has 0 radical (unpaired) electrons. The smallest absolute Gasteiger partial charge is 0.321 e. The number of urea groups is 1. The molecule has 1 atom stereocenters. The van der Waals surface area contributed by atoms with Crippen molar-refractivity contribution < 1.29 is 14.3 Å². The third-order valence-electron chi connectivity index (χ3n) is 5.24. The highest BCUT2D eigenvalue weighted by Crippen LogP contribution is 2.39. The van der Waals surface area contributed by atoms with Gasteiger partial charge in [-0.1, -0.05) is 11.6 Å². The first-order chi connectivity index (χ1) is 12.5. The molecule has 3 heterocycles. The van der Waals surface area contributed by atoms with Crippen LogP contribution in [0.25, 0.3) is 0 Å². The third-order valence-corrected chi connectivity index (χ3v) is 5.46. The fraction of sp³-hybridized carbons (Fsp3) is 0.611. The zero-order valence-electron chi connectivity index (χ0n) is 15.0. The number of halogens is 1. The van der Waals surface area contributed by atoms with Crippen molar-refractivity contribution in [3.63, 3.8) is 0 Å². The summed E-state index contributed by atoms with van der Waals surface area (Å²) in [6.45, 7) is 3.23. The number of amides is 3. The predicted molar refractivity (Wildman–Crippen MR) is 99.2 cm³/mol. The minimum atomic E-state index is -0.131. The van der Waals surface area contributed by atoms with E-state index in [-0.39, 0.29) is 17.4 Å². The van der Waals surface area contributed by atoms with Gasteiger partial charge < -0.3 is 19.9 Å². The highest BCUT2D eigenvalue weighted by molar-refractivity contribution is 6.29. The molecule has 8 heteroatoms. The normalized spacial score (nSPS) is 23.4. The number of hydrogen-bond donors (Lipinski definition) is 1. The van der Waals surface area contributed by atoms with Gasteiger partial charge >= 0.3 is 6.03 Å². The Bertz CT molecular complexity index is 654. The number of carbonyl (C=O) groups is 2. The first-order valence-electron chi connectivity index (χ1n) is 8.96. The lowest BCUT2D eigenvalue weighted by atomic mass is 9.73. The molecule has 0 bridgehead atoms. The maximum absolute atomic E-state index is 12.6. The van der Waals surface area contributed by atoms with Crippen LogP contribution in [-0.2, 0) is 9.53 Å². The third kappa shape index (κ3) is 4.45. The van der Waals surface area contributed by atoms with Crippen molar-refractivity contribution in [1.29, 1.82) is 0 Å². The molecule has 1 aromatic heterocycles. The molecule has 2 saturated heterocycles. The summed E-state index contributed by atoms with van der Waals surface area (Å²) in [4.78, 5) is 32.5. The maximum atomic E-state index is 12.6. The molecule has 142 valence electrons. The number of pyridine rings is 1. The molecule has 1 aromatic rings. The Morgan fingerprint density at radius 3 is 2.96 bits per heavy atom. The van der Waals surface area contributed by atoms with E-state index in [1.807, 2.05) is 9.80 Å². The van der Waals surface area contributed by atoms with Gasteiger partial charge in [-0.25, -0.2) is 9.78 Å². The average molecular weight is 381 g/mol. The summed E-state index contributed by atoms with van der Waals surface area (Å²) in [5.41, 5.74) is 0.606. The number of methoxy groups -OCH3 is 1. The van der Waals surface area contributed by atoms with Crippen LogP contribution in [0, 0.1) is 5.41 Å². The number of nitrogens with one attached hydrogen (secondary N) is 1. The topological polar surface area (TPSA) is 74.8 Å². The second kappa shape index (κ2) is 8.22. The molecular formula is C18H25ClN4O3. The first kappa shape index (κ1) is 18.9. The number of piperidine rings is 2. The fourth-order valence-electron chi connectivity index (χ4n) is 3.87. The Morgan fingerprint density at radius 1 is 1.38 bits per heavy atom. The molecule has 2 aliphatic rings. The van der Waals surface area contributed by atoms with Gasteiger partial charge in [0.05, 0.1) is 18.5 Å². The SMILES string of the molecule is COCCN1CC2(CCCN(C(=O)Nc3ccc(Cl)nc3)C2)CCC1=O. The van der Waals surface area contributed by atoms with E-state index in [9.17, 15) is 9.59 Å².